The van der Waals surface area contributed by atoms with E-state index in [9.17, 15) is 40.5 Å². The number of phenolic OH excluding ortho intramolecular Hbond substituents is 2. The number of aromatic hydroxyl groups is 3. The van der Waals surface area contributed by atoms with Crippen molar-refractivity contribution in [2.45, 2.75) is 149 Å². The van der Waals surface area contributed by atoms with Gasteiger partial charge in [0.15, 0.2) is 5.76 Å². The van der Waals surface area contributed by atoms with E-state index in [1.807, 2.05) is 27.7 Å². The third-order valence-electron chi connectivity index (χ3n) is 20.0. The number of hydrogen-bond acceptors (Lipinski definition) is 18. The van der Waals surface area contributed by atoms with Crippen molar-refractivity contribution in [1.82, 2.24) is 5.32 Å². The van der Waals surface area contributed by atoms with E-state index in [4.69, 9.17) is 9.15 Å². The average molecular weight is 1300 g/mol. The fourth-order valence-electron chi connectivity index (χ4n) is 15.9. The molecule has 2 fully saturated rings. The van der Waals surface area contributed by atoms with Crippen LogP contribution in [0.3, 0.4) is 0 Å². The molecule has 0 unspecified atom stereocenters. The number of piperidine rings is 1. The maximum atomic E-state index is 15.8. The first-order chi connectivity index (χ1) is 42.8. The lowest BCUT2D eigenvalue weighted by atomic mass is 9.65. The van der Waals surface area contributed by atoms with Gasteiger partial charge in [-0.3, -0.25) is 4.79 Å². The fraction of sp³-hybridized carbons (Fsp3) is 0.457. The van der Waals surface area contributed by atoms with Gasteiger partial charge in [0.05, 0.1) is 23.0 Å². The summed E-state index contributed by atoms with van der Waals surface area (Å²) in [6.45, 7) is 4.16. The zero-order chi connectivity index (χ0) is 60.6. The van der Waals surface area contributed by atoms with E-state index in [2.05, 4.69) is 85.9 Å². The molecule has 6 aromatic carbocycles. The highest BCUT2D eigenvalue weighted by molar-refractivity contribution is 8.77. The Morgan fingerprint density at radius 1 is 0.784 bits per heavy atom. The molecule has 462 valence electrons. The normalized spacial score (nSPS) is 27.5. The molecule has 2 aliphatic carbocycles. The van der Waals surface area contributed by atoms with Crippen molar-refractivity contribution >= 4 is 92.8 Å². The van der Waals surface area contributed by atoms with E-state index in [-0.39, 0.29) is 105 Å². The van der Waals surface area contributed by atoms with Crippen molar-refractivity contribution in [2.24, 2.45) is 17.8 Å². The number of aliphatic hydroxyl groups excluding tert-OH is 4. The van der Waals surface area contributed by atoms with Crippen LogP contribution in [-0.4, -0.2) is 102 Å². The molecule has 18 heteroatoms. The van der Waals surface area contributed by atoms with Crippen LogP contribution in [0.5, 0.6) is 23.0 Å². The molecule has 0 amide bonds. The summed E-state index contributed by atoms with van der Waals surface area (Å²) in [7, 11) is 10.4. The van der Waals surface area contributed by atoms with Crippen LogP contribution in [0.4, 0.5) is 0 Å². The van der Waals surface area contributed by atoms with Crippen LogP contribution in [0, 0.1) is 17.8 Å². The summed E-state index contributed by atoms with van der Waals surface area (Å²) in [5, 5.41) is 90.2. The third kappa shape index (κ3) is 11.1. The Morgan fingerprint density at radius 2 is 1.60 bits per heavy atom. The number of aliphatic hydroxyl groups is 4. The van der Waals surface area contributed by atoms with Gasteiger partial charge in [0.25, 0.3) is 0 Å². The number of carbonyl (C=O) groups is 1. The van der Waals surface area contributed by atoms with Gasteiger partial charge in [0.1, 0.15) is 40.6 Å². The molecule has 7 aliphatic rings. The molecule has 5 aliphatic heterocycles. The molecule has 88 heavy (non-hydrogen) atoms. The van der Waals surface area contributed by atoms with Crippen LogP contribution >= 0.6 is 64.8 Å². The number of carbonyl (C=O) groups excluding carboxylic acids is 1. The Bertz CT molecular complexity index is 3910. The van der Waals surface area contributed by atoms with Gasteiger partial charge >= 0.3 is 0 Å². The summed E-state index contributed by atoms with van der Waals surface area (Å²) in [6, 6.07) is 27.1. The van der Waals surface area contributed by atoms with Crippen molar-refractivity contribution in [3.8, 4) is 45.4 Å². The number of fused-ring (bicyclic) bond motifs is 15. The maximum absolute atomic E-state index is 15.8. The largest absolute Gasteiger partial charge is 0.507 e. The lowest BCUT2D eigenvalue weighted by Gasteiger charge is -2.43. The zero-order valence-corrected chi connectivity index (χ0v) is 54.2. The minimum Gasteiger partial charge on any atom is -0.507 e. The molecule has 1 aromatic heterocycles. The highest BCUT2D eigenvalue weighted by Crippen LogP contribution is 2.62. The van der Waals surface area contributed by atoms with Crippen molar-refractivity contribution in [2.75, 3.05) is 30.5 Å². The number of hydrogen-bond donors (Lipinski definition) is 8. The monoisotopic (exact) mass is 1300 g/mol. The number of nitrogens with one attached hydrogen (secondary N) is 1. The molecule has 8 N–H and O–H groups in total. The minimum absolute atomic E-state index is 0.0196. The number of phenols is 2. The topological polar surface area (TPSA) is 210 Å². The van der Waals surface area contributed by atoms with Crippen LogP contribution in [0.15, 0.2) is 88.1 Å². The first kappa shape index (κ1) is 61.1. The molecule has 12 nitrogen and oxygen atoms in total. The van der Waals surface area contributed by atoms with Crippen LogP contribution < -0.4 is 15.5 Å². The van der Waals surface area contributed by atoms with Gasteiger partial charge in [-0.2, -0.15) is 0 Å². The molecule has 14 rings (SSSR count). The van der Waals surface area contributed by atoms with E-state index in [1.165, 1.54) is 17.2 Å². The summed E-state index contributed by atoms with van der Waals surface area (Å²) in [6.07, 6.45) is 4.69. The molecule has 0 saturated carbocycles. The van der Waals surface area contributed by atoms with Gasteiger partial charge in [0.2, 0.25) is 11.2 Å². The molecule has 7 aromatic rings. The Labute approximate surface area is 536 Å². The number of benzene rings is 6. The van der Waals surface area contributed by atoms with E-state index in [0.29, 0.717) is 72.4 Å². The summed E-state index contributed by atoms with van der Waals surface area (Å²) in [5.74, 6) is 1.59. The third-order valence-corrected chi connectivity index (χ3v) is 28.1. The van der Waals surface area contributed by atoms with Crippen LogP contribution in [0.2, 0.25) is 0 Å². The Balaban J connectivity index is 0.927. The SMILES string of the molecule is CC(C)Cc1cc(-c2oc3cc(O)c4c(c3c(=O)c2O)O[C@@H]2C[C@@H]3c5c-4cc4c6c(ccc(c56)[C@H](SSCCC[C@@H]2O)[C@H]3O)C[C@H](CCCO)[C@@H]4CCO)c2c(c1O)Cc1cccc(c1)[C@H]1N[C@@H]3CSSC[C@@H](C=O)c4cccc(c4)C[C@@H]3C[C@@H]1SSC2. The van der Waals surface area contributed by atoms with Crippen molar-refractivity contribution < 1.29 is 49.7 Å². The Kier molecular flexibility index (Phi) is 17.7. The molecular weight excluding hydrogens is 1220 g/mol. The quantitative estimate of drug-likeness (QED) is 0.0499. The molecule has 7 bridgehead atoms. The van der Waals surface area contributed by atoms with Crippen molar-refractivity contribution in [3.63, 3.8) is 0 Å². The highest BCUT2D eigenvalue weighted by atomic mass is 33.1. The second kappa shape index (κ2) is 25.6. The molecular formula is C70H75NO11S6. The summed E-state index contributed by atoms with van der Waals surface area (Å²) < 4.78 is 14.1. The number of ether oxygens (including phenoxy) is 1. The van der Waals surface area contributed by atoms with Crippen LogP contribution in [0.1, 0.15) is 149 Å². The highest BCUT2D eigenvalue weighted by Gasteiger charge is 2.47. The van der Waals surface area contributed by atoms with Gasteiger partial charge < -0.3 is 55.0 Å². The zero-order valence-electron chi connectivity index (χ0n) is 49.3. The van der Waals surface area contributed by atoms with Crippen LogP contribution in [0.25, 0.3) is 44.2 Å². The van der Waals surface area contributed by atoms with Crippen LogP contribution in [-0.2, 0) is 36.2 Å². The van der Waals surface area contributed by atoms with Gasteiger partial charge in [-0.15, -0.1) is 0 Å². The summed E-state index contributed by atoms with van der Waals surface area (Å²) >= 11 is 0. The van der Waals surface area contributed by atoms with Crippen molar-refractivity contribution in [3.05, 3.63) is 150 Å². The average Bonchev–Trinajstić information content (AvgIpc) is 0.839. The second-order valence-corrected chi connectivity index (χ2v) is 33.7. The first-order valence-electron chi connectivity index (χ1n) is 31.3. The van der Waals surface area contributed by atoms with Crippen molar-refractivity contribution in [1.29, 1.82) is 0 Å². The lowest BCUT2D eigenvalue weighted by Crippen LogP contribution is -2.50. The van der Waals surface area contributed by atoms with Gasteiger partial charge in [0, 0.05) is 89.0 Å². The van der Waals surface area contributed by atoms with E-state index < -0.39 is 35.4 Å². The predicted octanol–water partition coefficient (Wildman–Crippen LogP) is 14.0. The molecule has 6 heterocycles. The van der Waals surface area contributed by atoms with Gasteiger partial charge in [-0.1, -0.05) is 139 Å². The second-order valence-electron chi connectivity index (χ2n) is 25.9. The molecule has 12 atom stereocenters. The summed E-state index contributed by atoms with van der Waals surface area (Å²) in [4.78, 5) is 28.1. The fourth-order valence-corrected chi connectivity index (χ4v) is 24.3. The molecule has 0 spiro atoms. The maximum Gasteiger partial charge on any atom is 0.238 e. The Hall–Kier alpha value is -4.44. The lowest BCUT2D eigenvalue weighted by molar-refractivity contribution is -0.108. The van der Waals surface area contributed by atoms with E-state index in [0.717, 1.165) is 98.9 Å². The number of rotatable bonds is 9. The van der Waals surface area contributed by atoms with E-state index in [1.54, 1.807) is 43.2 Å². The Morgan fingerprint density at radius 3 is 2.42 bits per heavy atom. The summed E-state index contributed by atoms with van der Waals surface area (Å²) in [5.41, 5.74) is 10.9. The standard InChI is InChI=1S/C70H75NO11S6/c1-34(2)19-42-25-48(51-32-86-87-57-26-41-22-35-7-3-9-37(20-35)43(30-74)31-84-85-33-52(41)71-63(57)40-10-4-8-36(21-40)23-47(51)64(42)77)68-67(80)66(79)62-56(82-68)29-54(76)60-49-27-46-44(15-17-73)38(11-5-16-72)24-39-13-14-45-61(58(39)46)59(49)50-28-55(81-69(60)62)53(75)12-6-18-83-88-70(45)65(50)78/h3-4,7-10,13-14,20-21,25,27,29-30,34,38,41,43-44,50,52-53,55,57,63,65,70-73,75-78,80H,5-6,11-12,15-19,22-24,26,28,31-33H2,1-2H3/t38-,41+,43+,44-,50+,52+,53-,55+,57-,63+,65-,70-/m0/s1. The van der Waals surface area contributed by atoms with Gasteiger partial charge in [-0.05, 0) is 172 Å². The first-order valence-corrected chi connectivity index (χ1v) is 38.6. The minimum atomic E-state index is -1.02. The predicted molar refractivity (Wildman–Crippen MR) is 362 cm³/mol. The molecule has 2 saturated heterocycles. The van der Waals surface area contributed by atoms with E-state index >= 15 is 4.79 Å². The smallest absolute Gasteiger partial charge is 0.238 e. The van der Waals surface area contributed by atoms with Gasteiger partial charge in [-0.25, -0.2) is 0 Å². The molecule has 0 radical (unpaired) electrons. The number of aldehydes is 1.